The molecule has 6 nitrogen and oxygen atoms in total. The van der Waals surface area contributed by atoms with E-state index in [1.165, 1.54) is 0 Å². The molecule has 1 saturated heterocycles. The summed E-state index contributed by atoms with van der Waals surface area (Å²) in [6.45, 7) is 2.50. The van der Waals surface area contributed by atoms with Crippen molar-refractivity contribution in [3.05, 3.63) is 36.4 Å². The molecule has 22 heavy (non-hydrogen) atoms. The minimum atomic E-state index is 0.275. The average Bonchev–Trinajstić information content (AvgIpc) is 3.16. The summed E-state index contributed by atoms with van der Waals surface area (Å²) in [4.78, 5) is 17.8. The summed E-state index contributed by atoms with van der Waals surface area (Å²) >= 11 is 1.65. The number of aromatic nitrogens is 4. The van der Waals surface area contributed by atoms with Crippen LogP contribution in [0.25, 0.3) is 0 Å². The zero-order valence-electron chi connectivity index (χ0n) is 12.4. The Morgan fingerprint density at radius 1 is 1.27 bits per heavy atom. The van der Waals surface area contributed by atoms with Gasteiger partial charge in [0.2, 0.25) is 5.91 Å². The minimum absolute atomic E-state index is 0.275. The van der Waals surface area contributed by atoms with Gasteiger partial charge in [-0.05, 0) is 18.6 Å². The van der Waals surface area contributed by atoms with Crippen LogP contribution in [0.1, 0.15) is 18.5 Å². The Balaban J connectivity index is 1.48. The van der Waals surface area contributed by atoms with Gasteiger partial charge in [-0.2, -0.15) is 0 Å². The van der Waals surface area contributed by atoms with E-state index in [1.54, 1.807) is 18.1 Å². The number of amides is 1. The van der Waals surface area contributed by atoms with E-state index in [-0.39, 0.29) is 5.91 Å². The van der Waals surface area contributed by atoms with Gasteiger partial charge < -0.3 is 9.47 Å². The number of aryl methyl sites for hydroxylation is 2. The van der Waals surface area contributed by atoms with E-state index < -0.39 is 0 Å². The van der Waals surface area contributed by atoms with Crippen molar-refractivity contribution in [1.29, 1.82) is 0 Å². The zero-order chi connectivity index (χ0) is 15.2. The van der Waals surface area contributed by atoms with Crippen molar-refractivity contribution in [2.45, 2.75) is 31.0 Å². The molecule has 0 radical (unpaired) electrons. The first kappa shape index (κ1) is 15.0. The van der Waals surface area contributed by atoms with Gasteiger partial charge in [0, 0.05) is 50.1 Å². The smallest absolute Gasteiger partial charge is 0.222 e. The van der Waals surface area contributed by atoms with E-state index in [0.717, 1.165) is 49.1 Å². The number of pyridine rings is 1. The zero-order valence-corrected chi connectivity index (χ0v) is 13.2. The van der Waals surface area contributed by atoms with Gasteiger partial charge in [-0.3, -0.25) is 9.78 Å². The number of nitrogens with zero attached hydrogens (tertiary/aromatic N) is 5. The third-order valence-electron chi connectivity index (χ3n) is 3.68. The predicted molar refractivity (Wildman–Crippen MR) is 84.5 cm³/mol. The van der Waals surface area contributed by atoms with Crippen LogP contribution in [0.3, 0.4) is 0 Å². The number of likely N-dealkylation sites (tertiary alicyclic amines) is 1. The molecule has 1 aliphatic heterocycles. The molecule has 0 aromatic carbocycles. The van der Waals surface area contributed by atoms with Crippen LogP contribution < -0.4 is 0 Å². The van der Waals surface area contributed by atoms with E-state index in [1.807, 2.05) is 33.9 Å². The molecular formula is C15H19N5OS. The maximum Gasteiger partial charge on any atom is 0.222 e. The maximum atomic E-state index is 11.6. The normalized spacial score (nSPS) is 14.7. The van der Waals surface area contributed by atoms with Crippen LogP contribution in [0.15, 0.2) is 35.9 Å². The largest absolute Gasteiger partial charge is 0.342 e. The van der Waals surface area contributed by atoms with Crippen molar-refractivity contribution in [2.24, 2.45) is 0 Å². The second kappa shape index (κ2) is 7.40. The van der Waals surface area contributed by atoms with Crippen LogP contribution in [0.2, 0.25) is 0 Å². The third-order valence-corrected chi connectivity index (χ3v) is 4.64. The van der Waals surface area contributed by atoms with Crippen molar-refractivity contribution >= 4 is 17.7 Å². The number of hydrogen-bond donors (Lipinski definition) is 0. The van der Waals surface area contributed by atoms with Crippen LogP contribution in [0.4, 0.5) is 0 Å². The fourth-order valence-corrected chi connectivity index (χ4v) is 3.38. The first-order valence-corrected chi connectivity index (χ1v) is 8.50. The molecule has 0 N–H and O–H groups in total. The molecule has 1 amide bonds. The molecule has 2 aromatic heterocycles. The molecule has 0 bridgehead atoms. The standard InChI is InChI=1S/C15H19N5OS/c21-14-5-3-8-19(14)10-11-22-15-18-17-12-20(15)9-6-13-4-1-2-7-16-13/h1-2,4,7,12H,3,5-6,8-11H2. The van der Waals surface area contributed by atoms with Crippen molar-refractivity contribution in [2.75, 3.05) is 18.8 Å². The lowest BCUT2D eigenvalue weighted by Crippen LogP contribution is -2.27. The van der Waals surface area contributed by atoms with Gasteiger partial charge in [0.15, 0.2) is 5.16 Å². The molecule has 1 fully saturated rings. The predicted octanol–water partition coefficient (Wildman–Crippen LogP) is 1.63. The summed E-state index contributed by atoms with van der Waals surface area (Å²) in [6, 6.07) is 5.94. The first-order valence-electron chi connectivity index (χ1n) is 7.51. The Bertz CT molecular complexity index is 615. The second-order valence-electron chi connectivity index (χ2n) is 5.21. The van der Waals surface area contributed by atoms with Gasteiger partial charge in [-0.15, -0.1) is 10.2 Å². The Hall–Kier alpha value is -1.89. The molecular weight excluding hydrogens is 298 g/mol. The second-order valence-corrected chi connectivity index (χ2v) is 6.27. The van der Waals surface area contributed by atoms with Gasteiger partial charge >= 0.3 is 0 Å². The quantitative estimate of drug-likeness (QED) is 0.726. The van der Waals surface area contributed by atoms with Crippen molar-refractivity contribution in [3.63, 3.8) is 0 Å². The van der Waals surface area contributed by atoms with Crippen molar-refractivity contribution in [1.82, 2.24) is 24.6 Å². The Morgan fingerprint density at radius 2 is 2.23 bits per heavy atom. The van der Waals surface area contributed by atoms with E-state index in [4.69, 9.17) is 0 Å². The molecule has 7 heteroatoms. The van der Waals surface area contributed by atoms with Crippen LogP contribution in [-0.4, -0.2) is 49.4 Å². The number of rotatable bonds is 7. The molecule has 0 atom stereocenters. The van der Waals surface area contributed by atoms with Crippen LogP contribution in [-0.2, 0) is 17.8 Å². The molecule has 3 rings (SSSR count). The molecule has 0 unspecified atom stereocenters. The molecule has 2 aromatic rings. The fraction of sp³-hybridized carbons (Fsp3) is 0.467. The monoisotopic (exact) mass is 317 g/mol. The van der Waals surface area contributed by atoms with Crippen molar-refractivity contribution < 1.29 is 4.79 Å². The summed E-state index contributed by atoms with van der Waals surface area (Å²) in [5.41, 5.74) is 1.06. The van der Waals surface area contributed by atoms with Crippen LogP contribution >= 0.6 is 11.8 Å². The van der Waals surface area contributed by atoms with Gasteiger partial charge in [0.25, 0.3) is 0 Å². The number of carbonyl (C=O) groups excluding carboxylic acids is 1. The van der Waals surface area contributed by atoms with Crippen LogP contribution in [0, 0.1) is 0 Å². The third kappa shape index (κ3) is 3.85. The van der Waals surface area contributed by atoms with E-state index >= 15 is 0 Å². The SMILES string of the molecule is O=C1CCCN1CCSc1nncn1CCc1ccccn1. The lowest BCUT2D eigenvalue weighted by atomic mass is 10.3. The highest BCUT2D eigenvalue weighted by atomic mass is 32.2. The summed E-state index contributed by atoms with van der Waals surface area (Å²) in [5, 5.41) is 9.06. The Labute approximate surface area is 133 Å². The van der Waals surface area contributed by atoms with E-state index in [2.05, 4.69) is 15.2 Å². The molecule has 3 heterocycles. The highest BCUT2D eigenvalue weighted by Gasteiger charge is 2.19. The van der Waals surface area contributed by atoms with Gasteiger partial charge in [-0.1, -0.05) is 17.8 Å². The molecule has 0 aliphatic carbocycles. The Morgan fingerprint density at radius 3 is 3.00 bits per heavy atom. The van der Waals surface area contributed by atoms with Gasteiger partial charge in [0.1, 0.15) is 6.33 Å². The summed E-state index contributed by atoms with van der Waals surface area (Å²) in [5.74, 6) is 1.13. The maximum absolute atomic E-state index is 11.6. The average molecular weight is 317 g/mol. The van der Waals surface area contributed by atoms with Gasteiger partial charge in [0.05, 0.1) is 0 Å². The number of carbonyl (C=O) groups is 1. The summed E-state index contributed by atoms with van der Waals surface area (Å²) in [6.07, 6.45) is 6.11. The highest BCUT2D eigenvalue weighted by molar-refractivity contribution is 7.99. The van der Waals surface area contributed by atoms with Gasteiger partial charge in [-0.25, -0.2) is 0 Å². The fourth-order valence-electron chi connectivity index (χ4n) is 2.48. The lowest BCUT2D eigenvalue weighted by molar-refractivity contribution is -0.127. The molecule has 1 aliphatic rings. The number of hydrogen-bond acceptors (Lipinski definition) is 5. The topological polar surface area (TPSA) is 63.9 Å². The summed E-state index contributed by atoms with van der Waals surface area (Å²) < 4.78 is 2.05. The van der Waals surface area contributed by atoms with Crippen LogP contribution in [0.5, 0.6) is 0 Å². The number of thioether (sulfide) groups is 1. The molecule has 0 saturated carbocycles. The van der Waals surface area contributed by atoms with E-state index in [0.29, 0.717) is 6.42 Å². The Kier molecular flexibility index (Phi) is 5.05. The summed E-state index contributed by atoms with van der Waals surface area (Å²) in [7, 11) is 0. The van der Waals surface area contributed by atoms with Crippen molar-refractivity contribution in [3.8, 4) is 0 Å². The lowest BCUT2D eigenvalue weighted by Gasteiger charge is -2.14. The minimum Gasteiger partial charge on any atom is -0.342 e. The first-order chi connectivity index (χ1) is 10.8. The highest BCUT2D eigenvalue weighted by Crippen LogP contribution is 2.17. The molecule has 0 spiro atoms. The van der Waals surface area contributed by atoms with E-state index in [9.17, 15) is 4.79 Å². The molecule has 116 valence electrons.